The van der Waals surface area contributed by atoms with Gasteiger partial charge < -0.3 is 14.6 Å². The number of ether oxygens (including phenoxy) is 1. The second-order valence-electron chi connectivity index (χ2n) is 4.23. The molecule has 0 saturated carbocycles. The van der Waals surface area contributed by atoms with Gasteiger partial charge in [-0.25, -0.2) is 4.98 Å². The molecule has 1 aromatic carbocycles. The summed E-state index contributed by atoms with van der Waals surface area (Å²) in [7, 11) is 1.69. The third-order valence-electron chi connectivity index (χ3n) is 2.96. The van der Waals surface area contributed by atoms with Gasteiger partial charge in [0, 0.05) is 12.7 Å². The SMILES string of the molecule is CCn1cncc1CNc1ccc(C)cc1OC. The number of nitrogens with zero attached hydrogens (tertiary/aromatic N) is 2. The number of nitrogens with one attached hydrogen (secondary N) is 1. The molecule has 0 atom stereocenters. The molecular formula is C14H19N3O. The van der Waals surface area contributed by atoms with Gasteiger partial charge in [-0.1, -0.05) is 6.07 Å². The summed E-state index contributed by atoms with van der Waals surface area (Å²) in [6.07, 6.45) is 3.74. The first-order chi connectivity index (χ1) is 8.74. The van der Waals surface area contributed by atoms with Crippen LogP contribution < -0.4 is 10.1 Å². The van der Waals surface area contributed by atoms with Gasteiger partial charge in [0.1, 0.15) is 5.75 Å². The molecule has 0 aliphatic rings. The van der Waals surface area contributed by atoms with Gasteiger partial charge in [-0.3, -0.25) is 0 Å². The number of methoxy groups -OCH3 is 1. The average molecular weight is 245 g/mol. The highest BCUT2D eigenvalue weighted by molar-refractivity contribution is 5.57. The highest BCUT2D eigenvalue weighted by atomic mass is 16.5. The number of imidazole rings is 1. The second kappa shape index (κ2) is 5.58. The zero-order chi connectivity index (χ0) is 13.0. The summed E-state index contributed by atoms with van der Waals surface area (Å²) in [5.41, 5.74) is 3.36. The van der Waals surface area contributed by atoms with Crippen LogP contribution in [0.25, 0.3) is 0 Å². The van der Waals surface area contributed by atoms with Crippen molar-refractivity contribution in [1.82, 2.24) is 9.55 Å². The predicted octanol–water partition coefficient (Wildman–Crippen LogP) is 2.83. The molecule has 18 heavy (non-hydrogen) atoms. The van der Waals surface area contributed by atoms with Crippen LogP contribution in [-0.4, -0.2) is 16.7 Å². The van der Waals surface area contributed by atoms with Gasteiger partial charge in [-0.2, -0.15) is 0 Å². The third kappa shape index (κ3) is 2.64. The molecule has 0 aliphatic carbocycles. The lowest BCUT2D eigenvalue weighted by Gasteiger charge is -2.12. The smallest absolute Gasteiger partial charge is 0.142 e. The maximum absolute atomic E-state index is 5.37. The maximum atomic E-state index is 5.37. The van der Waals surface area contributed by atoms with Gasteiger partial charge in [-0.15, -0.1) is 0 Å². The van der Waals surface area contributed by atoms with Crippen molar-refractivity contribution in [3.05, 3.63) is 42.0 Å². The van der Waals surface area contributed by atoms with Crippen molar-refractivity contribution in [1.29, 1.82) is 0 Å². The number of hydrogen-bond donors (Lipinski definition) is 1. The Kier molecular flexibility index (Phi) is 3.87. The van der Waals surface area contributed by atoms with Gasteiger partial charge in [0.05, 0.1) is 31.4 Å². The van der Waals surface area contributed by atoms with Crippen molar-refractivity contribution < 1.29 is 4.74 Å². The number of anilines is 1. The lowest BCUT2D eigenvalue weighted by molar-refractivity contribution is 0.416. The maximum Gasteiger partial charge on any atom is 0.142 e. The van der Waals surface area contributed by atoms with Crippen LogP contribution in [0.5, 0.6) is 5.75 Å². The molecule has 0 saturated heterocycles. The minimum Gasteiger partial charge on any atom is -0.495 e. The van der Waals surface area contributed by atoms with E-state index in [1.165, 1.54) is 11.3 Å². The molecule has 1 N–H and O–H groups in total. The summed E-state index contributed by atoms with van der Waals surface area (Å²) >= 11 is 0. The van der Waals surface area contributed by atoms with Crippen molar-refractivity contribution >= 4 is 5.69 Å². The summed E-state index contributed by atoms with van der Waals surface area (Å²) in [6.45, 7) is 5.84. The first-order valence-corrected chi connectivity index (χ1v) is 6.12. The molecular weight excluding hydrogens is 226 g/mol. The molecule has 1 heterocycles. The Morgan fingerprint density at radius 3 is 2.94 bits per heavy atom. The van der Waals surface area contributed by atoms with Crippen LogP contribution in [0.1, 0.15) is 18.2 Å². The molecule has 1 aromatic heterocycles. The van der Waals surface area contributed by atoms with Gasteiger partial charge in [0.25, 0.3) is 0 Å². The highest BCUT2D eigenvalue weighted by Crippen LogP contribution is 2.25. The zero-order valence-corrected chi connectivity index (χ0v) is 11.1. The average Bonchev–Trinajstić information content (AvgIpc) is 2.84. The van der Waals surface area contributed by atoms with E-state index in [1.54, 1.807) is 7.11 Å². The van der Waals surface area contributed by atoms with E-state index in [0.717, 1.165) is 24.5 Å². The van der Waals surface area contributed by atoms with E-state index >= 15 is 0 Å². The van der Waals surface area contributed by atoms with Crippen molar-refractivity contribution in [3.63, 3.8) is 0 Å². The van der Waals surface area contributed by atoms with E-state index in [-0.39, 0.29) is 0 Å². The number of hydrogen-bond acceptors (Lipinski definition) is 3. The summed E-state index contributed by atoms with van der Waals surface area (Å²) in [6, 6.07) is 6.14. The lowest BCUT2D eigenvalue weighted by Crippen LogP contribution is -2.06. The number of aromatic nitrogens is 2. The molecule has 2 rings (SSSR count). The standard InChI is InChI=1S/C14H19N3O/c1-4-17-10-15-8-12(17)9-16-13-6-5-11(2)7-14(13)18-3/h5-8,10,16H,4,9H2,1-3H3. The number of rotatable bonds is 5. The second-order valence-corrected chi connectivity index (χ2v) is 4.23. The van der Waals surface area contributed by atoms with Crippen LogP contribution in [0.4, 0.5) is 5.69 Å². The predicted molar refractivity (Wildman–Crippen MR) is 73.0 cm³/mol. The van der Waals surface area contributed by atoms with E-state index in [4.69, 9.17) is 4.74 Å². The first kappa shape index (κ1) is 12.5. The van der Waals surface area contributed by atoms with Crippen molar-refractivity contribution in [3.8, 4) is 5.75 Å². The largest absolute Gasteiger partial charge is 0.495 e. The summed E-state index contributed by atoms with van der Waals surface area (Å²) in [5.74, 6) is 0.873. The van der Waals surface area contributed by atoms with Gasteiger partial charge in [0.15, 0.2) is 0 Å². The fourth-order valence-electron chi connectivity index (χ4n) is 1.91. The molecule has 96 valence electrons. The number of aryl methyl sites for hydroxylation is 2. The fraction of sp³-hybridized carbons (Fsp3) is 0.357. The van der Waals surface area contributed by atoms with Gasteiger partial charge >= 0.3 is 0 Å². The fourth-order valence-corrected chi connectivity index (χ4v) is 1.91. The van der Waals surface area contributed by atoms with Crippen LogP contribution in [0.15, 0.2) is 30.7 Å². The molecule has 0 amide bonds. The molecule has 0 radical (unpaired) electrons. The minimum atomic E-state index is 0.743. The van der Waals surface area contributed by atoms with Gasteiger partial charge in [0.2, 0.25) is 0 Å². The van der Waals surface area contributed by atoms with Gasteiger partial charge in [-0.05, 0) is 31.5 Å². The van der Waals surface area contributed by atoms with E-state index in [2.05, 4.69) is 34.8 Å². The Morgan fingerprint density at radius 2 is 2.22 bits per heavy atom. The van der Waals surface area contributed by atoms with Crippen LogP contribution in [0.2, 0.25) is 0 Å². The molecule has 4 heteroatoms. The van der Waals surface area contributed by atoms with Crippen LogP contribution in [0, 0.1) is 6.92 Å². The Hall–Kier alpha value is -1.97. The summed E-state index contributed by atoms with van der Waals surface area (Å²) in [4.78, 5) is 4.15. The van der Waals surface area contributed by atoms with Crippen LogP contribution in [-0.2, 0) is 13.1 Å². The molecule has 0 spiro atoms. The first-order valence-electron chi connectivity index (χ1n) is 6.12. The molecule has 4 nitrogen and oxygen atoms in total. The Bertz CT molecular complexity index is 520. The van der Waals surface area contributed by atoms with Crippen molar-refractivity contribution in [2.24, 2.45) is 0 Å². The molecule has 0 aliphatic heterocycles. The van der Waals surface area contributed by atoms with Crippen molar-refractivity contribution in [2.45, 2.75) is 26.9 Å². The molecule has 0 fully saturated rings. The number of benzene rings is 1. The third-order valence-corrected chi connectivity index (χ3v) is 2.96. The van der Waals surface area contributed by atoms with Crippen LogP contribution >= 0.6 is 0 Å². The summed E-state index contributed by atoms with van der Waals surface area (Å²) in [5, 5.41) is 3.38. The van der Waals surface area contributed by atoms with E-state index < -0.39 is 0 Å². The van der Waals surface area contributed by atoms with Crippen molar-refractivity contribution in [2.75, 3.05) is 12.4 Å². The Morgan fingerprint density at radius 1 is 1.39 bits per heavy atom. The molecule has 2 aromatic rings. The van der Waals surface area contributed by atoms with Crippen LogP contribution in [0.3, 0.4) is 0 Å². The normalized spacial score (nSPS) is 10.4. The molecule has 0 bridgehead atoms. The zero-order valence-electron chi connectivity index (χ0n) is 11.1. The highest BCUT2D eigenvalue weighted by Gasteiger charge is 2.04. The van der Waals surface area contributed by atoms with E-state index in [9.17, 15) is 0 Å². The lowest BCUT2D eigenvalue weighted by atomic mass is 10.2. The summed E-state index contributed by atoms with van der Waals surface area (Å²) < 4.78 is 7.49. The quantitative estimate of drug-likeness (QED) is 0.880. The monoisotopic (exact) mass is 245 g/mol. The topological polar surface area (TPSA) is 39.1 Å². The Balaban J connectivity index is 2.10. The Labute approximate surface area is 108 Å². The van der Waals surface area contributed by atoms with E-state index in [1.807, 2.05) is 24.7 Å². The van der Waals surface area contributed by atoms with E-state index in [0.29, 0.717) is 0 Å². The minimum absolute atomic E-state index is 0.743. The molecule has 0 unspecified atom stereocenters.